The first-order valence-electron chi connectivity index (χ1n) is 8.24. The molecule has 4 nitrogen and oxygen atoms in total. The normalized spacial score (nSPS) is 12.7. The number of carboxylic acids is 1. The Hall–Kier alpha value is -1.56. The molecule has 0 saturated carbocycles. The fourth-order valence-electron chi connectivity index (χ4n) is 2.95. The maximum absolute atomic E-state index is 10.7. The quantitative estimate of drug-likeness (QED) is 0.481. The van der Waals surface area contributed by atoms with Gasteiger partial charge in [-0.2, -0.15) is 0 Å². The summed E-state index contributed by atoms with van der Waals surface area (Å²) in [5.41, 5.74) is 2.40. The highest BCUT2D eigenvalue weighted by Crippen LogP contribution is 2.37. The van der Waals surface area contributed by atoms with E-state index in [1.165, 1.54) is 10.5 Å². The molecule has 3 rings (SSSR count). The molecular formula is C19H18Cl2O4S. The molecule has 138 valence electrons. The van der Waals surface area contributed by atoms with Crippen LogP contribution >= 0.6 is 35.0 Å². The summed E-state index contributed by atoms with van der Waals surface area (Å²) >= 11 is 13.7. The average molecular weight is 413 g/mol. The van der Waals surface area contributed by atoms with Crippen molar-refractivity contribution >= 4 is 40.9 Å². The smallest absolute Gasteiger partial charge is 0.341 e. The Morgan fingerprint density at radius 3 is 2.62 bits per heavy atom. The summed E-state index contributed by atoms with van der Waals surface area (Å²) in [5, 5.41) is 9.87. The first-order chi connectivity index (χ1) is 12.5. The van der Waals surface area contributed by atoms with Crippen LogP contribution in [0.4, 0.5) is 0 Å². The molecule has 1 aliphatic carbocycles. The number of carboxylic acid groups (broad SMARTS) is 1. The van der Waals surface area contributed by atoms with E-state index in [2.05, 4.69) is 0 Å². The number of thioether (sulfide) groups is 1. The van der Waals surface area contributed by atoms with Gasteiger partial charge >= 0.3 is 5.97 Å². The van der Waals surface area contributed by atoms with Crippen molar-refractivity contribution in [3.63, 3.8) is 0 Å². The lowest BCUT2D eigenvalue weighted by Crippen LogP contribution is -2.10. The molecule has 0 amide bonds. The van der Waals surface area contributed by atoms with Crippen LogP contribution in [0.3, 0.4) is 0 Å². The summed E-state index contributed by atoms with van der Waals surface area (Å²) in [7, 11) is 0. The molecule has 7 heteroatoms. The molecule has 2 aromatic carbocycles. The molecule has 0 saturated heterocycles. The molecule has 0 aliphatic heterocycles. The lowest BCUT2D eigenvalue weighted by Gasteiger charge is -2.13. The van der Waals surface area contributed by atoms with E-state index in [-0.39, 0.29) is 6.61 Å². The van der Waals surface area contributed by atoms with Gasteiger partial charge in [-0.15, -0.1) is 11.8 Å². The first-order valence-corrected chi connectivity index (χ1v) is 9.98. The second-order valence-electron chi connectivity index (χ2n) is 5.83. The fraction of sp³-hybridized carbons (Fsp3) is 0.316. The van der Waals surface area contributed by atoms with Crippen molar-refractivity contribution in [2.24, 2.45) is 0 Å². The highest BCUT2D eigenvalue weighted by Gasteiger charge is 2.20. The number of aliphatic carboxylic acids is 1. The Labute approximate surface area is 166 Å². The van der Waals surface area contributed by atoms with Gasteiger partial charge in [0.15, 0.2) is 6.61 Å². The van der Waals surface area contributed by atoms with E-state index < -0.39 is 5.97 Å². The van der Waals surface area contributed by atoms with E-state index in [4.69, 9.17) is 37.8 Å². The van der Waals surface area contributed by atoms with Crippen molar-refractivity contribution in [2.45, 2.75) is 24.2 Å². The third kappa shape index (κ3) is 4.78. The highest BCUT2D eigenvalue weighted by molar-refractivity contribution is 7.99. The number of carbonyl (C=O) groups is 1. The standard InChI is InChI=1S/C19H18Cl2O4S/c20-12-4-5-17(15(21)10-12)24-8-9-26-18-7-6-16(25-11-19(22)23)13-2-1-3-14(13)18/h4-7,10H,1-3,8-9,11H2,(H,22,23). The van der Waals surface area contributed by atoms with Crippen LogP contribution in [0.1, 0.15) is 17.5 Å². The maximum atomic E-state index is 10.7. The molecular weight excluding hydrogens is 395 g/mol. The predicted molar refractivity (Wildman–Crippen MR) is 104 cm³/mol. The van der Waals surface area contributed by atoms with Gasteiger partial charge in [0.2, 0.25) is 0 Å². The topological polar surface area (TPSA) is 55.8 Å². The molecule has 1 aliphatic rings. The second-order valence-corrected chi connectivity index (χ2v) is 7.81. The number of hydrogen-bond donors (Lipinski definition) is 1. The Morgan fingerprint density at radius 1 is 1.08 bits per heavy atom. The highest BCUT2D eigenvalue weighted by atomic mass is 35.5. The van der Waals surface area contributed by atoms with Gasteiger partial charge in [0.05, 0.1) is 11.6 Å². The molecule has 0 heterocycles. The lowest BCUT2D eigenvalue weighted by molar-refractivity contribution is -0.139. The molecule has 0 atom stereocenters. The summed E-state index contributed by atoms with van der Waals surface area (Å²) in [6.07, 6.45) is 2.98. The van der Waals surface area contributed by atoms with Crippen LogP contribution < -0.4 is 9.47 Å². The van der Waals surface area contributed by atoms with Gasteiger partial charge in [-0.3, -0.25) is 0 Å². The van der Waals surface area contributed by atoms with Crippen LogP contribution in [0.15, 0.2) is 35.2 Å². The van der Waals surface area contributed by atoms with Gasteiger partial charge in [-0.1, -0.05) is 23.2 Å². The van der Waals surface area contributed by atoms with Gasteiger partial charge in [0.25, 0.3) is 0 Å². The van der Waals surface area contributed by atoms with Crippen molar-refractivity contribution in [1.29, 1.82) is 0 Å². The molecule has 1 N–H and O–H groups in total. The van der Waals surface area contributed by atoms with Gasteiger partial charge in [-0.05, 0) is 60.7 Å². The van der Waals surface area contributed by atoms with Crippen LogP contribution in [0.5, 0.6) is 11.5 Å². The number of ether oxygens (including phenoxy) is 2. The van der Waals surface area contributed by atoms with E-state index in [0.717, 1.165) is 30.6 Å². The summed E-state index contributed by atoms with van der Waals surface area (Å²) in [4.78, 5) is 11.9. The van der Waals surface area contributed by atoms with E-state index >= 15 is 0 Å². The summed E-state index contributed by atoms with van der Waals surface area (Å²) in [5.74, 6) is 1.13. The monoisotopic (exact) mass is 412 g/mol. The summed E-state index contributed by atoms with van der Waals surface area (Å²) in [6.45, 7) is 0.215. The molecule has 0 fully saturated rings. The fourth-order valence-corrected chi connectivity index (χ4v) is 4.36. The third-order valence-corrected chi connectivity index (χ3v) is 5.64. The number of benzene rings is 2. The summed E-state index contributed by atoms with van der Waals surface area (Å²) < 4.78 is 11.1. The number of rotatable bonds is 8. The van der Waals surface area contributed by atoms with Gasteiger partial charge in [-0.25, -0.2) is 4.79 Å². The lowest BCUT2D eigenvalue weighted by atomic mass is 10.1. The zero-order valence-corrected chi connectivity index (χ0v) is 16.3. The Morgan fingerprint density at radius 2 is 1.85 bits per heavy atom. The van der Waals surface area contributed by atoms with Crippen molar-refractivity contribution < 1.29 is 19.4 Å². The third-order valence-electron chi connectivity index (χ3n) is 4.04. The predicted octanol–water partition coefficient (Wildman–Crippen LogP) is 5.12. The molecule has 26 heavy (non-hydrogen) atoms. The molecule has 0 spiro atoms. The SMILES string of the molecule is O=C(O)COc1ccc(SCCOc2ccc(Cl)cc2Cl)c2c1CCC2. The van der Waals surface area contributed by atoms with Crippen LogP contribution in [0.25, 0.3) is 0 Å². The van der Waals surface area contributed by atoms with Gasteiger partial charge in [0.1, 0.15) is 11.5 Å². The number of fused-ring (bicyclic) bond motifs is 1. The number of halogens is 2. The molecule has 0 bridgehead atoms. The molecule has 0 aromatic heterocycles. The Balaban J connectivity index is 1.58. The van der Waals surface area contributed by atoms with Crippen molar-refractivity contribution in [3.05, 3.63) is 51.5 Å². The second kappa shape index (κ2) is 8.89. The average Bonchev–Trinajstić information content (AvgIpc) is 3.09. The minimum Gasteiger partial charge on any atom is -0.491 e. The van der Waals surface area contributed by atoms with Crippen molar-refractivity contribution in [2.75, 3.05) is 19.0 Å². The Kier molecular flexibility index (Phi) is 6.57. The maximum Gasteiger partial charge on any atom is 0.341 e. The van der Waals surface area contributed by atoms with E-state index in [9.17, 15) is 4.79 Å². The number of hydrogen-bond acceptors (Lipinski definition) is 4. The molecule has 0 radical (unpaired) electrons. The zero-order chi connectivity index (χ0) is 18.5. The van der Waals surface area contributed by atoms with Crippen molar-refractivity contribution in [3.8, 4) is 11.5 Å². The van der Waals surface area contributed by atoms with Gasteiger partial charge in [0, 0.05) is 15.7 Å². The van der Waals surface area contributed by atoms with Crippen LogP contribution in [-0.4, -0.2) is 30.0 Å². The van der Waals surface area contributed by atoms with E-state index in [1.807, 2.05) is 12.1 Å². The van der Waals surface area contributed by atoms with Crippen molar-refractivity contribution in [1.82, 2.24) is 0 Å². The molecule has 2 aromatic rings. The minimum absolute atomic E-state index is 0.311. The summed E-state index contributed by atoms with van der Waals surface area (Å²) in [6, 6.07) is 9.04. The van der Waals surface area contributed by atoms with E-state index in [1.54, 1.807) is 30.0 Å². The zero-order valence-electron chi connectivity index (χ0n) is 14.0. The van der Waals surface area contributed by atoms with E-state index in [0.29, 0.717) is 28.2 Å². The van der Waals surface area contributed by atoms with Gasteiger partial charge < -0.3 is 14.6 Å². The van der Waals surface area contributed by atoms with Crippen LogP contribution in [0, 0.1) is 0 Å². The first kappa shape index (κ1) is 19.2. The largest absolute Gasteiger partial charge is 0.491 e. The molecule has 0 unspecified atom stereocenters. The van der Waals surface area contributed by atoms with Crippen LogP contribution in [-0.2, 0) is 17.6 Å². The minimum atomic E-state index is -0.965. The Bertz CT molecular complexity index is 810. The van der Waals surface area contributed by atoms with Crippen LogP contribution in [0.2, 0.25) is 10.0 Å².